The van der Waals surface area contributed by atoms with Crippen molar-refractivity contribution in [3.8, 4) is 0 Å². The van der Waals surface area contributed by atoms with Gasteiger partial charge in [0.05, 0.1) is 5.75 Å². The molecule has 2 N–H and O–H groups in total. The van der Waals surface area contributed by atoms with Gasteiger partial charge < -0.3 is 10.1 Å². The quantitative estimate of drug-likeness (QED) is 0.524. The Morgan fingerprint density at radius 3 is 2.12 bits per heavy atom. The number of hydrogen-bond donors (Lipinski definition) is 2. The molecule has 0 aliphatic rings. The van der Waals surface area contributed by atoms with Crippen LogP contribution in [0, 0.1) is 0 Å². The van der Waals surface area contributed by atoms with Gasteiger partial charge >= 0.3 is 0 Å². The molecule has 1 amide bonds. The number of ketones is 1. The second-order valence-electron chi connectivity index (χ2n) is 3.19. The summed E-state index contributed by atoms with van der Waals surface area (Å²) in [6.45, 7) is 5.57. The minimum atomic E-state index is -3.95. The number of carbonyl (C=O) groups is 2. The normalized spacial score (nSPS) is 10.1. The molecular formula is C10H21NO5S. The lowest BCUT2D eigenvalue weighted by atomic mass is 10.2. The van der Waals surface area contributed by atoms with Gasteiger partial charge in [-0.05, 0) is 13.3 Å². The van der Waals surface area contributed by atoms with Crippen LogP contribution < -0.4 is 5.32 Å². The molecule has 17 heavy (non-hydrogen) atoms. The Hall–Kier alpha value is -0.950. The molecule has 102 valence electrons. The van der Waals surface area contributed by atoms with Crippen molar-refractivity contribution in [1.29, 1.82) is 0 Å². The number of carbonyl (C=O) groups excluding carboxylic acids is 2. The van der Waals surface area contributed by atoms with Crippen molar-refractivity contribution in [2.45, 2.75) is 40.0 Å². The van der Waals surface area contributed by atoms with E-state index in [1.165, 1.54) is 6.92 Å². The van der Waals surface area contributed by atoms with E-state index in [1.807, 2.05) is 13.8 Å². The van der Waals surface area contributed by atoms with Crippen molar-refractivity contribution >= 4 is 21.8 Å². The van der Waals surface area contributed by atoms with E-state index < -0.39 is 10.1 Å². The second kappa shape index (κ2) is 10.2. The Morgan fingerprint density at radius 2 is 1.71 bits per heavy atom. The van der Waals surface area contributed by atoms with Crippen LogP contribution in [0.1, 0.15) is 40.0 Å². The van der Waals surface area contributed by atoms with Gasteiger partial charge in [0.2, 0.25) is 5.91 Å². The number of rotatable bonds is 7. The molecule has 0 heterocycles. The fourth-order valence-corrected chi connectivity index (χ4v) is 1.37. The van der Waals surface area contributed by atoms with Crippen molar-refractivity contribution in [1.82, 2.24) is 5.32 Å². The summed E-state index contributed by atoms with van der Waals surface area (Å²) in [6.07, 6.45) is 0.454. The van der Waals surface area contributed by atoms with Gasteiger partial charge in [0.15, 0.2) is 0 Å². The minimum Gasteiger partial charge on any atom is -0.356 e. The van der Waals surface area contributed by atoms with Gasteiger partial charge in [-0.3, -0.25) is 9.35 Å². The molecule has 0 aromatic rings. The Bertz CT molecular complexity index is 324. The first-order valence-electron chi connectivity index (χ1n) is 5.52. The van der Waals surface area contributed by atoms with Crippen LogP contribution in [-0.4, -0.2) is 37.0 Å². The standard InChI is InChI=1S/C8H15NO5S.C2H6/c1-7(10)3-4-8(11)9-5-2-6-15(12,13)14;1-2/h2-6H2,1H3,(H,9,11)(H,12,13,14);1-2H3. The molecule has 0 saturated carbocycles. The Kier molecular flexibility index (Phi) is 11.1. The highest BCUT2D eigenvalue weighted by molar-refractivity contribution is 7.85. The van der Waals surface area contributed by atoms with Crippen molar-refractivity contribution in [2.24, 2.45) is 0 Å². The van der Waals surface area contributed by atoms with Crippen LogP contribution in [0.3, 0.4) is 0 Å². The minimum absolute atomic E-state index is 0.0666. The van der Waals surface area contributed by atoms with Gasteiger partial charge in [-0.25, -0.2) is 0 Å². The van der Waals surface area contributed by atoms with Crippen LogP contribution in [0.4, 0.5) is 0 Å². The van der Waals surface area contributed by atoms with Crippen molar-refractivity contribution < 1.29 is 22.6 Å². The topological polar surface area (TPSA) is 101 Å². The van der Waals surface area contributed by atoms with E-state index in [-0.39, 0.29) is 43.3 Å². The average Bonchev–Trinajstić information content (AvgIpc) is 2.23. The van der Waals surface area contributed by atoms with E-state index in [4.69, 9.17) is 4.55 Å². The van der Waals surface area contributed by atoms with Gasteiger partial charge in [-0.1, -0.05) is 13.8 Å². The summed E-state index contributed by atoms with van der Waals surface area (Å²) >= 11 is 0. The lowest BCUT2D eigenvalue weighted by Crippen LogP contribution is -2.26. The molecule has 0 rings (SSSR count). The largest absolute Gasteiger partial charge is 0.356 e. The molecule has 6 nitrogen and oxygen atoms in total. The predicted octanol–water partition coefficient (Wildman–Crippen LogP) is 0.776. The predicted molar refractivity (Wildman–Crippen MR) is 65.3 cm³/mol. The van der Waals surface area contributed by atoms with Crippen molar-refractivity contribution in [3.63, 3.8) is 0 Å². The van der Waals surface area contributed by atoms with Gasteiger partial charge in [0, 0.05) is 19.4 Å². The maximum absolute atomic E-state index is 11.0. The average molecular weight is 267 g/mol. The highest BCUT2D eigenvalue weighted by atomic mass is 32.2. The Morgan fingerprint density at radius 1 is 1.18 bits per heavy atom. The highest BCUT2D eigenvalue weighted by Crippen LogP contribution is 1.91. The summed E-state index contributed by atoms with van der Waals surface area (Å²) in [6, 6.07) is 0. The van der Waals surface area contributed by atoms with E-state index in [0.29, 0.717) is 0 Å². The fourth-order valence-electron chi connectivity index (χ4n) is 0.860. The first-order chi connectivity index (χ1) is 7.81. The molecule has 0 aromatic carbocycles. The van der Waals surface area contributed by atoms with Gasteiger partial charge in [-0.15, -0.1) is 0 Å². The molecule has 0 aromatic heterocycles. The smallest absolute Gasteiger partial charge is 0.264 e. The Balaban J connectivity index is 0. The summed E-state index contributed by atoms with van der Waals surface area (Å²) in [4.78, 5) is 21.5. The van der Waals surface area contributed by atoms with E-state index in [1.54, 1.807) is 0 Å². The number of hydrogen-bond acceptors (Lipinski definition) is 4. The third-order valence-corrected chi connectivity index (χ3v) is 2.41. The lowest BCUT2D eigenvalue weighted by Gasteiger charge is -2.02. The molecule has 7 heteroatoms. The summed E-state index contributed by atoms with van der Waals surface area (Å²) < 4.78 is 29.0. The van der Waals surface area contributed by atoms with Crippen LogP contribution in [-0.2, 0) is 19.7 Å². The summed E-state index contributed by atoms with van der Waals surface area (Å²) in [7, 11) is -3.95. The van der Waals surface area contributed by atoms with Crippen LogP contribution >= 0.6 is 0 Å². The fraction of sp³-hybridized carbons (Fsp3) is 0.800. The van der Waals surface area contributed by atoms with Crippen LogP contribution in [0.5, 0.6) is 0 Å². The molecule has 0 atom stereocenters. The van der Waals surface area contributed by atoms with Gasteiger partial charge in [0.1, 0.15) is 5.78 Å². The molecule has 0 aliphatic heterocycles. The highest BCUT2D eigenvalue weighted by Gasteiger charge is 2.05. The van der Waals surface area contributed by atoms with Crippen molar-refractivity contribution in [3.05, 3.63) is 0 Å². The molecule has 0 unspecified atom stereocenters. The third-order valence-electron chi connectivity index (χ3n) is 1.61. The molecule has 0 saturated heterocycles. The first-order valence-corrected chi connectivity index (χ1v) is 7.13. The maximum atomic E-state index is 11.0. The molecule has 0 radical (unpaired) electrons. The zero-order valence-electron chi connectivity index (χ0n) is 10.5. The van der Waals surface area contributed by atoms with Crippen molar-refractivity contribution in [2.75, 3.05) is 12.3 Å². The molecule has 0 fully saturated rings. The van der Waals surface area contributed by atoms with E-state index in [9.17, 15) is 18.0 Å². The molecule has 0 bridgehead atoms. The van der Waals surface area contributed by atoms with Crippen LogP contribution in [0.25, 0.3) is 0 Å². The lowest BCUT2D eigenvalue weighted by molar-refractivity contribution is -0.124. The third kappa shape index (κ3) is 17.7. The summed E-state index contributed by atoms with van der Waals surface area (Å²) in [5.41, 5.74) is 0. The van der Waals surface area contributed by atoms with Crippen LogP contribution in [0.2, 0.25) is 0 Å². The first kappa shape index (κ1) is 18.4. The molecule has 0 aliphatic carbocycles. The summed E-state index contributed by atoms with van der Waals surface area (Å²) in [5.74, 6) is -0.733. The van der Waals surface area contributed by atoms with E-state index in [2.05, 4.69) is 5.32 Å². The number of Topliss-reactive ketones (excluding diaryl/α,β-unsaturated/α-hetero) is 1. The zero-order chi connectivity index (χ0) is 13.9. The SMILES string of the molecule is CC.CC(=O)CCC(=O)NCCCS(=O)(=O)O. The van der Waals surface area contributed by atoms with Gasteiger partial charge in [0.25, 0.3) is 10.1 Å². The summed E-state index contributed by atoms with van der Waals surface area (Å²) in [5, 5.41) is 2.44. The van der Waals surface area contributed by atoms with Gasteiger partial charge in [-0.2, -0.15) is 8.42 Å². The monoisotopic (exact) mass is 267 g/mol. The van der Waals surface area contributed by atoms with Crippen LogP contribution in [0.15, 0.2) is 0 Å². The van der Waals surface area contributed by atoms with E-state index in [0.717, 1.165) is 0 Å². The number of nitrogens with one attached hydrogen (secondary N) is 1. The zero-order valence-corrected chi connectivity index (χ0v) is 11.3. The second-order valence-corrected chi connectivity index (χ2v) is 4.76. The molecular weight excluding hydrogens is 246 g/mol. The van der Waals surface area contributed by atoms with E-state index >= 15 is 0 Å². The maximum Gasteiger partial charge on any atom is 0.264 e. The number of amides is 1. The Labute approximate surface area is 103 Å². The molecule has 0 spiro atoms.